The van der Waals surface area contributed by atoms with Crippen molar-refractivity contribution in [2.24, 2.45) is 5.92 Å². The van der Waals surface area contributed by atoms with Crippen LogP contribution in [0, 0.1) is 5.92 Å². The second-order valence-corrected chi connectivity index (χ2v) is 4.78. The molecule has 0 aromatic heterocycles. The van der Waals surface area contributed by atoms with Crippen LogP contribution >= 0.6 is 0 Å². The quantitative estimate of drug-likeness (QED) is 0.835. The number of rotatable bonds is 3. The molecule has 0 spiro atoms. The summed E-state index contributed by atoms with van der Waals surface area (Å²) in [6, 6.07) is 10.4. The molecule has 0 bridgehead atoms. The predicted molar refractivity (Wildman–Crippen MR) is 68.6 cm³/mol. The first-order valence-electron chi connectivity index (χ1n) is 6.27. The molecule has 1 saturated heterocycles. The normalized spacial score (nSPS) is 25.5. The van der Waals surface area contributed by atoms with Gasteiger partial charge in [0.25, 0.3) is 0 Å². The summed E-state index contributed by atoms with van der Waals surface area (Å²) in [4.78, 5) is 12.1. The molecule has 0 saturated carbocycles. The zero-order valence-electron chi connectivity index (χ0n) is 10.4. The van der Waals surface area contributed by atoms with Gasteiger partial charge in [0.1, 0.15) is 0 Å². The lowest BCUT2D eigenvalue weighted by atomic mass is 10.00. The van der Waals surface area contributed by atoms with Gasteiger partial charge in [0.2, 0.25) is 5.91 Å². The summed E-state index contributed by atoms with van der Waals surface area (Å²) in [6.45, 7) is 5.05. The number of carbonyl (C=O) groups excluding carboxylic acids is 1. The van der Waals surface area contributed by atoms with E-state index in [-0.39, 0.29) is 23.9 Å². The van der Waals surface area contributed by atoms with Crippen LogP contribution in [0.25, 0.3) is 0 Å². The molecule has 3 nitrogen and oxygen atoms in total. The van der Waals surface area contributed by atoms with Crippen LogP contribution in [-0.2, 0) is 4.79 Å². The van der Waals surface area contributed by atoms with Gasteiger partial charge in [-0.25, -0.2) is 0 Å². The minimum absolute atomic E-state index is 0.0801. The maximum atomic E-state index is 12.1. The molecule has 1 aromatic carbocycles. The molecule has 2 rings (SSSR count). The fourth-order valence-electron chi connectivity index (χ4n) is 2.36. The summed E-state index contributed by atoms with van der Waals surface area (Å²) in [5, 5.41) is 6.39. The molecule has 1 fully saturated rings. The highest BCUT2D eigenvalue weighted by atomic mass is 16.2. The van der Waals surface area contributed by atoms with Crippen molar-refractivity contribution in [2.75, 3.05) is 6.54 Å². The number of nitrogens with one attached hydrogen (secondary N) is 2. The van der Waals surface area contributed by atoms with E-state index in [1.54, 1.807) is 0 Å². The van der Waals surface area contributed by atoms with Crippen LogP contribution in [0.3, 0.4) is 0 Å². The van der Waals surface area contributed by atoms with Gasteiger partial charge in [0.15, 0.2) is 0 Å². The van der Waals surface area contributed by atoms with Gasteiger partial charge in [0.05, 0.1) is 12.0 Å². The Morgan fingerprint density at radius 3 is 2.71 bits per heavy atom. The Balaban J connectivity index is 1.95. The number of hydrogen-bond donors (Lipinski definition) is 2. The van der Waals surface area contributed by atoms with Gasteiger partial charge in [-0.15, -0.1) is 0 Å². The fraction of sp³-hybridized carbons (Fsp3) is 0.500. The SMILES string of the molecule is CC1NCCC1C(=O)N[C@H](C)c1ccccc1. The van der Waals surface area contributed by atoms with Crippen molar-refractivity contribution in [2.45, 2.75) is 32.4 Å². The molecule has 1 aliphatic rings. The second-order valence-electron chi connectivity index (χ2n) is 4.78. The van der Waals surface area contributed by atoms with Crippen LogP contribution in [0.1, 0.15) is 31.9 Å². The van der Waals surface area contributed by atoms with Gasteiger partial charge in [-0.1, -0.05) is 30.3 Å². The van der Waals surface area contributed by atoms with Gasteiger partial charge in [-0.3, -0.25) is 4.79 Å². The van der Waals surface area contributed by atoms with E-state index in [0.29, 0.717) is 0 Å². The number of amides is 1. The van der Waals surface area contributed by atoms with E-state index in [9.17, 15) is 4.79 Å². The van der Waals surface area contributed by atoms with E-state index < -0.39 is 0 Å². The number of carbonyl (C=O) groups is 1. The van der Waals surface area contributed by atoms with Crippen LogP contribution in [0.5, 0.6) is 0 Å². The van der Waals surface area contributed by atoms with E-state index in [4.69, 9.17) is 0 Å². The highest BCUT2D eigenvalue weighted by Gasteiger charge is 2.29. The Hall–Kier alpha value is -1.35. The summed E-state index contributed by atoms with van der Waals surface area (Å²) in [7, 11) is 0. The lowest BCUT2D eigenvalue weighted by molar-refractivity contribution is -0.125. The maximum Gasteiger partial charge on any atom is 0.225 e. The van der Waals surface area contributed by atoms with Crippen LogP contribution in [0.15, 0.2) is 30.3 Å². The first kappa shape index (κ1) is 12.1. The van der Waals surface area contributed by atoms with Crippen molar-refractivity contribution in [3.05, 3.63) is 35.9 Å². The topological polar surface area (TPSA) is 41.1 Å². The molecule has 1 aliphatic heterocycles. The second kappa shape index (κ2) is 5.32. The average Bonchev–Trinajstić information content (AvgIpc) is 2.76. The Labute approximate surface area is 103 Å². The van der Waals surface area contributed by atoms with E-state index in [2.05, 4.69) is 17.6 Å². The summed E-state index contributed by atoms with van der Waals surface area (Å²) in [5.74, 6) is 0.278. The van der Waals surface area contributed by atoms with Crippen molar-refractivity contribution in [3.63, 3.8) is 0 Å². The summed E-state index contributed by atoms with van der Waals surface area (Å²) in [6.07, 6.45) is 0.939. The smallest absolute Gasteiger partial charge is 0.225 e. The van der Waals surface area contributed by atoms with E-state index >= 15 is 0 Å². The van der Waals surface area contributed by atoms with Gasteiger partial charge < -0.3 is 10.6 Å². The molecule has 0 radical (unpaired) electrons. The first-order valence-corrected chi connectivity index (χ1v) is 6.27. The van der Waals surface area contributed by atoms with Crippen molar-refractivity contribution < 1.29 is 4.79 Å². The van der Waals surface area contributed by atoms with E-state index in [1.807, 2.05) is 37.3 Å². The van der Waals surface area contributed by atoms with Crippen molar-refractivity contribution in [1.82, 2.24) is 10.6 Å². The largest absolute Gasteiger partial charge is 0.349 e. The summed E-state index contributed by atoms with van der Waals surface area (Å²) < 4.78 is 0. The molecular formula is C14H20N2O. The molecule has 92 valence electrons. The van der Waals surface area contributed by atoms with Gasteiger partial charge in [0, 0.05) is 6.04 Å². The summed E-state index contributed by atoms with van der Waals surface area (Å²) in [5.41, 5.74) is 1.15. The van der Waals surface area contributed by atoms with E-state index in [1.165, 1.54) is 0 Å². The lowest BCUT2D eigenvalue weighted by Crippen LogP contribution is -2.37. The third-order valence-electron chi connectivity index (χ3n) is 3.52. The highest BCUT2D eigenvalue weighted by molar-refractivity contribution is 5.80. The van der Waals surface area contributed by atoms with Crippen molar-refractivity contribution in [1.29, 1.82) is 0 Å². The van der Waals surface area contributed by atoms with E-state index in [0.717, 1.165) is 18.5 Å². The minimum Gasteiger partial charge on any atom is -0.349 e. The molecule has 2 unspecified atom stereocenters. The van der Waals surface area contributed by atoms with Gasteiger partial charge in [-0.05, 0) is 32.4 Å². The average molecular weight is 232 g/mol. The third-order valence-corrected chi connectivity index (χ3v) is 3.52. The molecule has 2 N–H and O–H groups in total. The van der Waals surface area contributed by atoms with Gasteiger partial charge >= 0.3 is 0 Å². The Morgan fingerprint density at radius 1 is 1.41 bits per heavy atom. The lowest BCUT2D eigenvalue weighted by Gasteiger charge is -2.19. The highest BCUT2D eigenvalue weighted by Crippen LogP contribution is 2.18. The first-order chi connectivity index (χ1) is 8.18. The van der Waals surface area contributed by atoms with Crippen molar-refractivity contribution >= 4 is 5.91 Å². The molecule has 3 heteroatoms. The molecule has 1 aromatic rings. The monoisotopic (exact) mass is 232 g/mol. The number of benzene rings is 1. The molecule has 1 heterocycles. The molecule has 3 atom stereocenters. The van der Waals surface area contributed by atoms with Crippen molar-refractivity contribution in [3.8, 4) is 0 Å². The fourth-order valence-corrected chi connectivity index (χ4v) is 2.36. The molecule has 1 amide bonds. The van der Waals surface area contributed by atoms with Gasteiger partial charge in [-0.2, -0.15) is 0 Å². The predicted octanol–water partition coefficient (Wildman–Crippen LogP) is 1.86. The standard InChI is InChI=1S/C14H20N2O/c1-10(12-6-4-3-5-7-12)16-14(17)13-8-9-15-11(13)2/h3-7,10-11,13,15H,8-9H2,1-2H3,(H,16,17)/t10-,11?,13?/m1/s1. The maximum absolute atomic E-state index is 12.1. The van der Waals surface area contributed by atoms with Crippen LogP contribution in [-0.4, -0.2) is 18.5 Å². The zero-order valence-corrected chi connectivity index (χ0v) is 10.4. The van der Waals surface area contributed by atoms with Crippen LogP contribution in [0.4, 0.5) is 0 Å². The third kappa shape index (κ3) is 2.86. The van der Waals surface area contributed by atoms with Crippen LogP contribution in [0.2, 0.25) is 0 Å². The summed E-state index contributed by atoms with van der Waals surface area (Å²) >= 11 is 0. The Morgan fingerprint density at radius 2 is 2.12 bits per heavy atom. The minimum atomic E-state index is 0.0801. The zero-order chi connectivity index (χ0) is 12.3. The Bertz CT molecular complexity index is 377. The molecule has 17 heavy (non-hydrogen) atoms. The number of hydrogen-bond acceptors (Lipinski definition) is 2. The molecular weight excluding hydrogens is 212 g/mol. The van der Waals surface area contributed by atoms with Crippen LogP contribution < -0.4 is 10.6 Å². The Kier molecular flexibility index (Phi) is 3.79. The molecule has 0 aliphatic carbocycles.